The van der Waals surface area contributed by atoms with Gasteiger partial charge < -0.3 is 10.1 Å². The molecule has 0 atom stereocenters. The molecule has 0 unspecified atom stereocenters. The Labute approximate surface area is 180 Å². The van der Waals surface area contributed by atoms with Gasteiger partial charge in [0, 0.05) is 24.3 Å². The number of anilines is 1. The number of rotatable bonds is 5. The molecule has 0 aromatic heterocycles. The molecule has 29 heavy (non-hydrogen) atoms. The van der Waals surface area contributed by atoms with Crippen molar-refractivity contribution in [2.75, 3.05) is 25.5 Å². The number of carbonyl (C=O) groups is 1. The summed E-state index contributed by atoms with van der Waals surface area (Å²) in [5.74, 6) is -0.251. The Kier molecular flexibility index (Phi) is 7.05. The lowest BCUT2D eigenvalue weighted by Gasteiger charge is -2.21. The van der Waals surface area contributed by atoms with Gasteiger partial charge in [-0.3, -0.25) is 4.79 Å². The van der Waals surface area contributed by atoms with Crippen LogP contribution in [0.5, 0.6) is 5.75 Å². The Morgan fingerprint density at radius 2 is 1.69 bits per heavy atom. The molecule has 156 valence electrons. The summed E-state index contributed by atoms with van der Waals surface area (Å²) in [4.78, 5) is 12.7. The third kappa shape index (κ3) is 5.04. The second-order valence-corrected chi connectivity index (χ2v) is 9.49. The standard InChI is InChI=1S/C20H22Cl2N2O4S/c1-28-18-9-6-14(20(25)23-15-7-8-16(21)17(22)13-15)12-19(18)29(26,27)24-10-4-2-3-5-11-24/h6-9,12-13H,2-5,10-11H2,1H3,(H,23,25). The van der Waals surface area contributed by atoms with E-state index in [2.05, 4.69) is 5.32 Å². The Morgan fingerprint density at radius 3 is 2.31 bits per heavy atom. The normalized spacial score (nSPS) is 15.6. The summed E-state index contributed by atoms with van der Waals surface area (Å²) in [6, 6.07) is 9.08. The fraction of sp³-hybridized carbons (Fsp3) is 0.350. The number of nitrogens with zero attached hydrogens (tertiary/aromatic N) is 1. The zero-order valence-corrected chi connectivity index (χ0v) is 18.3. The molecule has 1 amide bonds. The average molecular weight is 457 g/mol. The van der Waals surface area contributed by atoms with Crippen LogP contribution in [-0.4, -0.2) is 38.8 Å². The van der Waals surface area contributed by atoms with Crippen LogP contribution < -0.4 is 10.1 Å². The summed E-state index contributed by atoms with van der Waals surface area (Å²) in [6.07, 6.45) is 3.66. The zero-order chi connectivity index (χ0) is 21.0. The fourth-order valence-corrected chi connectivity index (χ4v) is 5.21. The van der Waals surface area contributed by atoms with Gasteiger partial charge in [0.05, 0.1) is 17.2 Å². The van der Waals surface area contributed by atoms with Crippen molar-refractivity contribution < 1.29 is 17.9 Å². The molecular weight excluding hydrogens is 435 g/mol. The molecule has 1 fully saturated rings. The highest BCUT2D eigenvalue weighted by molar-refractivity contribution is 7.89. The first kappa shape index (κ1) is 21.9. The number of halogens is 2. The van der Waals surface area contributed by atoms with Crippen LogP contribution >= 0.6 is 23.2 Å². The smallest absolute Gasteiger partial charge is 0.255 e. The van der Waals surface area contributed by atoms with Gasteiger partial charge in [0.1, 0.15) is 10.6 Å². The van der Waals surface area contributed by atoms with Crippen LogP contribution in [0.1, 0.15) is 36.0 Å². The van der Waals surface area contributed by atoms with Crippen LogP contribution in [0.2, 0.25) is 10.0 Å². The van der Waals surface area contributed by atoms with Crippen molar-refractivity contribution in [3.63, 3.8) is 0 Å². The molecule has 1 aliphatic heterocycles. The van der Waals surface area contributed by atoms with Crippen LogP contribution in [-0.2, 0) is 10.0 Å². The fourth-order valence-electron chi connectivity index (χ4n) is 3.22. The van der Waals surface area contributed by atoms with Gasteiger partial charge in [-0.1, -0.05) is 36.0 Å². The number of methoxy groups -OCH3 is 1. The number of carbonyl (C=O) groups excluding carboxylic acids is 1. The van der Waals surface area contributed by atoms with E-state index in [9.17, 15) is 13.2 Å². The van der Waals surface area contributed by atoms with E-state index in [-0.39, 0.29) is 16.2 Å². The first-order chi connectivity index (χ1) is 13.8. The van der Waals surface area contributed by atoms with Crippen LogP contribution in [0.3, 0.4) is 0 Å². The largest absolute Gasteiger partial charge is 0.495 e. The average Bonchev–Trinajstić information content (AvgIpc) is 3.00. The maximum Gasteiger partial charge on any atom is 0.255 e. The molecule has 2 aromatic carbocycles. The lowest BCUT2D eigenvalue weighted by Crippen LogP contribution is -2.32. The van der Waals surface area contributed by atoms with E-state index in [1.54, 1.807) is 12.1 Å². The molecule has 1 heterocycles. The minimum atomic E-state index is -3.78. The predicted octanol–water partition coefficient (Wildman–Crippen LogP) is 4.82. The molecule has 0 spiro atoms. The summed E-state index contributed by atoms with van der Waals surface area (Å²) in [5.41, 5.74) is 0.655. The van der Waals surface area contributed by atoms with Crippen molar-refractivity contribution in [2.24, 2.45) is 0 Å². The Bertz CT molecular complexity index is 1000. The third-order valence-corrected chi connectivity index (χ3v) is 7.45. The van der Waals surface area contributed by atoms with Crippen LogP contribution in [0, 0.1) is 0 Å². The zero-order valence-electron chi connectivity index (χ0n) is 16.0. The van der Waals surface area contributed by atoms with Gasteiger partial charge in [-0.25, -0.2) is 8.42 Å². The van der Waals surface area contributed by atoms with E-state index in [4.69, 9.17) is 27.9 Å². The number of hydrogen-bond acceptors (Lipinski definition) is 4. The molecule has 0 bridgehead atoms. The van der Waals surface area contributed by atoms with Crippen LogP contribution in [0.25, 0.3) is 0 Å². The van der Waals surface area contributed by atoms with Gasteiger partial charge in [0.25, 0.3) is 5.91 Å². The van der Waals surface area contributed by atoms with Crippen LogP contribution in [0.4, 0.5) is 5.69 Å². The van der Waals surface area contributed by atoms with Crippen molar-refractivity contribution in [3.05, 3.63) is 52.0 Å². The molecule has 2 aromatic rings. The first-order valence-corrected chi connectivity index (χ1v) is 11.5. The highest BCUT2D eigenvalue weighted by atomic mass is 35.5. The Balaban J connectivity index is 1.91. The van der Waals surface area contributed by atoms with E-state index in [1.807, 2.05) is 0 Å². The number of amides is 1. The number of ether oxygens (including phenoxy) is 1. The molecule has 9 heteroatoms. The highest BCUT2D eigenvalue weighted by Gasteiger charge is 2.29. The van der Waals surface area contributed by atoms with Gasteiger partial charge in [-0.15, -0.1) is 0 Å². The topological polar surface area (TPSA) is 75.7 Å². The molecule has 1 N–H and O–H groups in total. The second-order valence-electron chi connectivity index (χ2n) is 6.77. The van der Waals surface area contributed by atoms with E-state index in [0.717, 1.165) is 25.7 Å². The molecule has 6 nitrogen and oxygen atoms in total. The number of sulfonamides is 1. The van der Waals surface area contributed by atoms with E-state index < -0.39 is 15.9 Å². The molecule has 0 aliphatic carbocycles. The van der Waals surface area contributed by atoms with Gasteiger partial charge in [-0.05, 0) is 49.2 Å². The number of nitrogens with one attached hydrogen (secondary N) is 1. The maximum atomic E-state index is 13.2. The van der Waals surface area contributed by atoms with E-state index >= 15 is 0 Å². The van der Waals surface area contributed by atoms with Crippen LogP contribution in [0.15, 0.2) is 41.3 Å². The van der Waals surface area contributed by atoms with Gasteiger partial charge in [-0.2, -0.15) is 4.31 Å². The molecule has 3 rings (SSSR count). The van der Waals surface area contributed by atoms with Gasteiger partial charge in [0.15, 0.2) is 0 Å². The Morgan fingerprint density at radius 1 is 1.00 bits per heavy atom. The summed E-state index contributed by atoms with van der Waals surface area (Å²) in [7, 11) is -2.37. The molecule has 0 radical (unpaired) electrons. The number of hydrogen-bond donors (Lipinski definition) is 1. The second kappa shape index (κ2) is 9.34. The third-order valence-electron chi connectivity index (χ3n) is 4.79. The molecule has 1 aliphatic rings. The van der Waals surface area contributed by atoms with Crippen molar-refractivity contribution in [1.29, 1.82) is 0 Å². The van der Waals surface area contributed by atoms with E-state index in [1.165, 1.54) is 35.7 Å². The summed E-state index contributed by atoms with van der Waals surface area (Å²) < 4.78 is 33.2. The SMILES string of the molecule is COc1ccc(C(=O)Nc2ccc(Cl)c(Cl)c2)cc1S(=O)(=O)N1CCCCCC1. The lowest BCUT2D eigenvalue weighted by atomic mass is 10.2. The molecule has 0 saturated carbocycles. The minimum absolute atomic E-state index is 0.0105. The summed E-state index contributed by atoms with van der Waals surface area (Å²) in [5, 5.41) is 3.38. The van der Waals surface area contributed by atoms with Gasteiger partial charge in [0.2, 0.25) is 10.0 Å². The molecule has 1 saturated heterocycles. The summed E-state index contributed by atoms with van der Waals surface area (Å²) in [6.45, 7) is 0.927. The molecular formula is C20H22Cl2N2O4S. The maximum absolute atomic E-state index is 13.2. The number of benzene rings is 2. The summed E-state index contributed by atoms with van der Waals surface area (Å²) >= 11 is 11.9. The van der Waals surface area contributed by atoms with E-state index in [0.29, 0.717) is 28.8 Å². The van der Waals surface area contributed by atoms with Crippen molar-refractivity contribution in [3.8, 4) is 5.75 Å². The van der Waals surface area contributed by atoms with Crippen molar-refractivity contribution in [2.45, 2.75) is 30.6 Å². The van der Waals surface area contributed by atoms with Gasteiger partial charge >= 0.3 is 0 Å². The van der Waals surface area contributed by atoms with Crippen molar-refractivity contribution in [1.82, 2.24) is 4.31 Å². The lowest BCUT2D eigenvalue weighted by molar-refractivity contribution is 0.102. The Hall–Kier alpha value is -1.80. The minimum Gasteiger partial charge on any atom is -0.495 e. The predicted molar refractivity (Wildman–Crippen MR) is 115 cm³/mol. The monoisotopic (exact) mass is 456 g/mol. The quantitative estimate of drug-likeness (QED) is 0.699. The highest BCUT2D eigenvalue weighted by Crippen LogP contribution is 2.30. The van der Waals surface area contributed by atoms with Crippen molar-refractivity contribution >= 4 is 44.8 Å². The first-order valence-electron chi connectivity index (χ1n) is 9.27.